The van der Waals surface area contributed by atoms with Gasteiger partial charge >= 0.3 is 0 Å². The summed E-state index contributed by atoms with van der Waals surface area (Å²) >= 11 is 0. The molecule has 1 aromatic rings. The molecule has 0 saturated heterocycles. The van der Waals surface area contributed by atoms with Crippen LogP contribution in [0.3, 0.4) is 0 Å². The normalized spacial score (nSPS) is 26.2. The highest BCUT2D eigenvalue weighted by molar-refractivity contribution is 5.83. The highest BCUT2D eigenvalue weighted by atomic mass is 16.2. The van der Waals surface area contributed by atoms with E-state index in [0.29, 0.717) is 23.9 Å². The Labute approximate surface area is 108 Å². The number of pyridine rings is 1. The van der Waals surface area contributed by atoms with Crippen LogP contribution in [0.2, 0.25) is 0 Å². The third-order valence-electron chi connectivity index (χ3n) is 3.97. The highest BCUT2D eigenvalue weighted by Crippen LogP contribution is 2.49. The molecule has 18 heavy (non-hydrogen) atoms. The Morgan fingerprint density at radius 3 is 2.78 bits per heavy atom. The zero-order chi connectivity index (χ0) is 12.7. The monoisotopic (exact) mass is 244 g/mol. The second kappa shape index (κ2) is 4.38. The second-order valence-corrected chi connectivity index (χ2v) is 5.81. The first-order valence-electron chi connectivity index (χ1n) is 6.90. The summed E-state index contributed by atoms with van der Waals surface area (Å²) in [7, 11) is 0. The fourth-order valence-corrected chi connectivity index (χ4v) is 2.83. The third kappa shape index (κ3) is 2.14. The molecule has 2 fully saturated rings. The number of carbonyl (C=O) groups excluding carboxylic acids is 1. The largest absolute Gasteiger partial charge is 0.337 e. The molecule has 0 N–H and O–H groups in total. The van der Waals surface area contributed by atoms with Crippen molar-refractivity contribution in [1.29, 1.82) is 0 Å². The molecule has 2 aliphatic carbocycles. The first kappa shape index (κ1) is 11.7. The molecule has 1 heterocycles. The van der Waals surface area contributed by atoms with Gasteiger partial charge in [0.15, 0.2) is 0 Å². The Morgan fingerprint density at radius 2 is 2.22 bits per heavy atom. The van der Waals surface area contributed by atoms with E-state index in [-0.39, 0.29) is 5.92 Å². The van der Waals surface area contributed by atoms with Crippen LogP contribution in [-0.2, 0) is 4.79 Å². The quantitative estimate of drug-likeness (QED) is 0.815. The van der Waals surface area contributed by atoms with E-state index in [2.05, 4.69) is 29.8 Å². The molecule has 0 radical (unpaired) electrons. The van der Waals surface area contributed by atoms with Gasteiger partial charge in [-0.3, -0.25) is 9.78 Å². The standard InChI is InChI=1S/C15H20N2O/c1-10(2)17(12-5-6-12)15(18)14-8-13(14)11-4-3-7-16-9-11/h3-4,7,9-10,12-14H,5-6,8H2,1-2H3/t13-,14-/m0/s1. The summed E-state index contributed by atoms with van der Waals surface area (Å²) in [6.45, 7) is 4.25. The van der Waals surface area contributed by atoms with Gasteiger partial charge in [0.25, 0.3) is 0 Å². The molecule has 2 saturated carbocycles. The van der Waals surface area contributed by atoms with E-state index in [1.54, 1.807) is 6.20 Å². The number of aromatic nitrogens is 1. The van der Waals surface area contributed by atoms with E-state index in [1.165, 1.54) is 18.4 Å². The summed E-state index contributed by atoms with van der Waals surface area (Å²) in [6.07, 6.45) is 7.06. The average Bonchev–Trinajstić information content (AvgIpc) is 3.24. The zero-order valence-electron chi connectivity index (χ0n) is 11.0. The lowest BCUT2D eigenvalue weighted by molar-refractivity contribution is -0.135. The van der Waals surface area contributed by atoms with Crippen molar-refractivity contribution in [3.63, 3.8) is 0 Å². The molecular weight excluding hydrogens is 224 g/mol. The molecule has 1 aromatic heterocycles. The molecule has 0 aromatic carbocycles. The fraction of sp³-hybridized carbons (Fsp3) is 0.600. The maximum absolute atomic E-state index is 12.5. The summed E-state index contributed by atoms with van der Waals surface area (Å²) in [5, 5.41) is 0. The lowest BCUT2D eigenvalue weighted by Crippen LogP contribution is -2.40. The fourth-order valence-electron chi connectivity index (χ4n) is 2.83. The summed E-state index contributed by atoms with van der Waals surface area (Å²) in [6, 6.07) is 4.89. The van der Waals surface area contributed by atoms with E-state index in [1.807, 2.05) is 12.3 Å². The Morgan fingerprint density at radius 1 is 1.44 bits per heavy atom. The molecule has 0 unspecified atom stereocenters. The van der Waals surface area contributed by atoms with Gasteiger partial charge in [0.2, 0.25) is 5.91 Å². The van der Waals surface area contributed by atoms with Gasteiger partial charge in [-0.05, 0) is 50.7 Å². The van der Waals surface area contributed by atoms with E-state index >= 15 is 0 Å². The minimum atomic E-state index is 0.206. The van der Waals surface area contributed by atoms with Crippen LogP contribution in [0.1, 0.15) is 44.6 Å². The lowest BCUT2D eigenvalue weighted by Gasteiger charge is -2.27. The number of nitrogens with zero attached hydrogens (tertiary/aromatic N) is 2. The minimum absolute atomic E-state index is 0.206. The van der Waals surface area contributed by atoms with E-state index in [4.69, 9.17) is 0 Å². The first-order chi connectivity index (χ1) is 8.68. The van der Waals surface area contributed by atoms with Gasteiger partial charge in [0.1, 0.15) is 0 Å². The molecule has 2 aliphatic rings. The van der Waals surface area contributed by atoms with Crippen molar-refractivity contribution >= 4 is 5.91 Å². The molecule has 96 valence electrons. The van der Waals surface area contributed by atoms with E-state index in [0.717, 1.165) is 6.42 Å². The van der Waals surface area contributed by atoms with Gasteiger partial charge in [-0.1, -0.05) is 6.07 Å². The van der Waals surface area contributed by atoms with E-state index in [9.17, 15) is 4.79 Å². The Balaban J connectivity index is 1.68. The minimum Gasteiger partial charge on any atom is -0.337 e. The van der Waals surface area contributed by atoms with Gasteiger partial charge in [-0.2, -0.15) is 0 Å². The third-order valence-corrected chi connectivity index (χ3v) is 3.97. The van der Waals surface area contributed by atoms with Crippen molar-refractivity contribution in [3.05, 3.63) is 30.1 Å². The van der Waals surface area contributed by atoms with Crippen molar-refractivity contribution in [1.82, 2.24) is 9.88 Å². The van der Waals surface area contributed by atoms with Gasteiger partial charge in [-0.25, -0.2) is 0 Å². The number of rotatable bonds is 4. The van der Waals surface area contributed by atoms with Crippen LogP contribution in [0.25, 0.3) is 0 Å². The molecular formula is C15H20N2O. The first-order valence-corrected chi connectivity index (χ1v) is 6.90. The molecule has 1 amide bonds. The van der Waals surface area contributed by atoms with Crippen LogP contribution < -0.4 is 0 Å². The molecule has 3 nitrogen and oxygen atoms in total. The predicted octanol–water partition coefficient (Wildman–Crippen LogP) is 2.58. The van der Waals surface area contributed by atoms with Gasteiger partial charge in [0.05, 0.1) is 0 Å². The second-order valence-electron chi connectivity index (χ2n) is 5.81. The number of hydrogen-bond acceptors (Lipinski definition) is 2. The molecule has 2 atom stereocenters. The Bertz CT molecular complexity index is 437. The molecule has 0 spiro atoms. The Hall–Kier alpha value is -1.38. The van der Waals surface area contributed by atoms with Crippen LogP contribution in [0.5, 0.6) is 0 Å². The number of hydrogen-bond donors (Lipinski definition) is 0. The van der Waals surface area contributed by atoms with Crippen molar-refractivity contribution in [3.8, 4) is 0 Å². The number of carbonyl (C=O) groups is 1. The van der Waals surface area contributed by atoms with Gasteiger partial charge in [-0.15, -0.1) is 0 Å². The summed E-state index contributed by atoms with van der Waals surface area (Å²) in [5.74, 6) is 0.977. The topological polar surface area (TPSA) is 33.2 Å². The molecule has 3 rings (SSSR count). The molecule has 0 aliphatic heterocycles. The van der Waals surface area contributed by atoms with Crippen molar-refractivity contribution < 1.29 is 4.79 Å². The summed E-state index contributed by atoms with van der Waals surface area (Å²) in [4.78, 5) is 18.8. The van der Waals surface area contributed by atoms with Crippen molar-refractivity contribution in [2.24, 2.45) is 5.92 Å². The van der Waals surface area contributed by atoms with Crippen LogP contribution >= 0.6 is 0 Å². The van der Waals surface area contributed by atoms with Crippen LogP contribution in [0.4, 0.5) is 0 Å². The maximum atomic E-state index is 12.5. The molecule has 0 bridgehead atoms. The average molecular weight is 244 g/mol. The highest BCUT2D eigenvalue weighted by Gasteiger charge is 2.48. The lowest BCUT2D eigenvalue weighted by atomic mass is 10.1. The Kier molecular flexibility index (Phi) is 2.84. The van der Waals surface area contributed by atoms with Gasteiger partial charge < -0.3 is 4.90 Å². The number of amides is 1. The maximum Gasteiger partial charge on any atom is 0.226 e. The van der Waals surface area contributed by atoms with E-state index < -0.39 is 0 Å². The smallest absolute Gasteiger partial charge is 0.226 e. The van der Waals surface area contributed by atoms with Crippen molar-refractivity contribution in [2.75, 3.05) is 0 Å². The summed E-state index contributed by atoms with van der Waals surface area (Å²) < 4.78 is 0. The predicted molar refractivity (Wildman–Crippen MR) is 70.1 cm³/mol. The van der Waals surface area contributed by atoms with Crippen LogP contribution in [0.15, 0.2) is 24.5 Å². The zero-order valence-corrected chi connectivity index (χ0v) is 11.0. The van der Waals surface area contributed by atoms with Crippen molar-refractivity contribution in [2.45, 2.75) is 51.1 Å². The van der Waals surface area contributed by atoms with Crippen LogP contribution in [0, 0.1) is 5.92 Å². The summed E-state index contributed by atoms with van der Waals surface area (Å²) in [5.41, 5.74) is 1.22. The SMILES string of the molecule is CC(C)N(C(=O)[C@H]1C[C@H]1c1cccnc1)C1CC1. The molecule has 3 heteroatoms. The van der Waals surface area contributed by atoms with Gasteiger partial charge in [0, 0.05) is 30.4 Å². The van der Waals surface area contributed by atoms with Crippen LogP contribution in [-0.4, -0.2) is 27.9 Å².